The SMILES string of the molecule is CC(C)(C)C(=O)NCC(=O)NCc1ccc(CN2CCCC2)cc1. The van der Waals surface area contributed by atoms with Crippen LogP contribution < -0.4 is 10.6 Å². The summed E-state index contributed by atoms with van der Waals surface area (Å²) in [5, 5.41) is 5.49. The molecule has 0 saturated carbocycles. The van der Waals surface area contributed by atoms with Gasteiger partial charge in [-0.3, -0.25) is 14.5 Å². The number of hydrogen-bond donors (Lipinski definition) is 2. The third-order valence-electron chi connectivity index (χ3n) is 4.21. The first-order valence-electron chi connectivity index (χ1n) is 8.70. The van der Waals surface area contributed by atoms with Gasteiger partial charge in [0, 0.05) is 18.5 Å². The van der Waals surface area contributed by atoms with Crippen LogP contribution in [0.5, 0.6) is 0 Å². The third kappa shape index (κ3) is 5.96. The molecule has 1 saturated heterocycles. The van der Waals surface area contributed by atoms with Crippen LogP contribution >= 0.6 is 0 Å². The second kappa shape index (κ2) is 8.29. The molecule has 5 heteroatoms. The molecule has 0 spiro atoms. The van der Waals surface area contributed by atoms with Crippen LogP contribution in [0.2, 0.25) is 0 Å². The number of carbonyl (C=O) groups is 2. The van der Waals surface area contributed by atoms with Gasteiger partial charge < -0.3 is 10.6 Å². The minimum Gasteiger partial charge on any atom is -0.350 e. The monoisotopic (exact) mass is 331 g/mol. The van der Waals surface area contributed by atoms with E-state index in [0.717, 1.165) is 12.1 Å². The molecule has 1 aromatic carbocycles. The first kappa shape index (κ1) is 18.5. The molecule has 1 fully saturated rings. The topological polar surface area (TPSA) is 61.4 Å². The van der Waals surface area contributed by atoms with Crippen LogP contribution in [0.4, 0.5) is 0 Å². The Labute approximate surface area is 144 Å². The van der Waals surface area contributed by atoms with Crippen molar-refractivity contribution in [2.24, 2.45) is 5.41 Å². The molecule has 132 valence electrons. The van der Waals surface area contributed by atoms with Gasteiger partial charge in [-0.25, -0.2) is 0 Å². The van der Waals surface area contributed by atoms with E-state index in [1.807, 2.05) is 20.8 Å². The van der Waals surface area contributed by atoms with Crippen LogP contribution in [-0.4, -0.2) is 36.3 Å². The molecule has 1 heterocycles. The largest absolute Gasteiger partial charge is 0.350 e. The van der Waals surface area contributed by atoms with E-state index in [1.54, 1.807) is 0 Å². The van der Waals surface area contributed by atoms with Crippen molar-refractivity contribution in [2.45, 2.75) is 46.7 Å². The molecular weight excluding hydrogens is 302 g/mol. The van der Waals surface area contributed by atoms with Crippen LogP contribution in [-0.2, 0) is 22.7 Å². The van der Waals surface area contributed by atoms with E-state index < -0.39 is 5.41 Å². The van der Waals surface area contributed by atoms with Gasteiger partial charge in [0.2, 0.25) is 11.8 Å². The van der Waals surface area contributed by atoms with E-state index in [4.69, 9.17) is 0 Å². The number of amides is 2. The zero-order chi connectivity index (χ0) is 17.6. The van der Waals surface area contributed by atoms with Gasteiger partial charge >= 0.3 is 0 Å². The maximum atomic E-state index is 11.8. The minimum absolute atomic E-state index is 0.0170. The highest BCUT2D eigenvalue weighted by Crippen LogP contribution is 2.13. The predicted molar refractivity (Wildman–Crippen MR) is 95.3 cm³/mol. The number of benzene rings is 1. The highest BCUT2D eigenvalue weighted by atomic mass is 16.2. The lowest BCUT2D eigenvalue weighted by Gasteiger charge is -2.17. The lowest BCUT2D eigenvalue weighted by molar-refractivity contribution is -0.131. The average Bonchev–Trinajstić information content (AvgIpc) is 3.04. The van der Waals surface area contributed by atoms with Gasteiger partial charge in [0.1, 0.15) is 0 Å². The van der Waals surface area contributed by atoms with Crippen molar-refractivity contribution < 1.29 is 9.59 Å². The Bertz CT molecular complexity index is 555. The van der Waals surface area contributed by atoms with Crippen molar-refractivity contribution in [2.75, 3.05) is 19.6 Å². The Morgan fingerprint density at radius 3 is 2.17 bits per heavy atom. The first-order chi connectivity index (χ1) is 11.3. The molecule has 0 radical (unpaired) electrons. The number of hydrogen-bond acceptors (Lipinski definition) is 3. The van der Waals surface area contributed by atoms with Gasteiger partial charge in [0.25, 0.3) is 0 Å². The molecule has 0 bridgehead atoms. The van der Waals surface area contributed by atoms with Crippen molar-refractivity contribution in [3.63, 3.8) is 0 Å². The van der Waals surface area contributed by atoms with Crippen LogP contribution in [0.15, 0.2) is 24.3 Å². The Morgan fingerprint density at radius 2 is 1.58 bits per heavy atom. The van der Waals surface area contributed by atoms with Gasteiger partial charge in [-0.05, 0) is 37.1 Å². The Balaban J connectivity index is 1.71. The second-order valence-electron chi connectivity index (χ2n) is 7.51. The van der Waals surface area contributed by atoms with Gasteiger partial charge in [-0.2, -0.15) is 0 Å². The maximum absolute atomic E-state index is 11.8. The summed E-state index contributed by atoms with van der Waals surface area (Å²) in [6, 6.07) is 8.36. The summed E-state index contributed by atoms with van der Waals surface area (Å²) in [5.41, 5.74) is 1.89. The number of nitrogens with one attached hydrogen (secondary N) is 2. The number of likely N-dealkylation sites (tertiary alicyclic amines) is 1. The molecule has 0 aromatic heterocycles. The summed E-state index contributed by atoms with van der Waals surface area (Å²) >= 11 is 0. The smallest absolute Gasteiger partial charge is 0.239 e. The third-order valence-corrected chi connectivity index (χ3v) is 4.21. The summed E-state index contributed by atoms with van der Waals surface area (Å²) in [4.78, 5) is 26.0. The number of nitrogens with zero attached hydrogens (tertiary/aromatic N) is 1. The zero-order valence-corrected chi connectivity index (χ0v) is 15.0. The van der Waals surface area contributed by atoms with E-state index in [1.165, 1.54) is 31.5 Å². The fourth-order valence-electron chi connectivity index (χ4n) is 2.65. The minimum atomic E-state index is -0.481. The first-order valence-corrected chi connectivity index (χ1v) is 8.70. The number of rotatable bonds is 6. The summed E-state index contributed by atoms with van der Waals surface area (Å²) in [7, 11) is 0. The van der Waals surface area contributed by atoms with E-state index >= 15 is 0 Å². The summed E-state index contributed by atoms with van der Waals surface area (Å²) in [6.07, 6.45) is 2.60. The molecule has 24 heavy (non-hydrogen) atoms. The quantitative estimate of drug-likeness (QED) is 0.839. The molecule has 0 atom stereocenters. The maximum Gasteiger partial charge on any atom is 0.239 e. The second-order valence-corrected chi connectivity index (χ2v) is 7.51. The van der Waals surface area contributed by atoms with Crippen LogP contribution in [0.1, 0.15) is 44.7 Å². The number of carbonyl (C=O) groups excluding carboxylic acids is 2. The summed E-state index contributed by atoms with van der Waals surface area (Å²) in [5.74, 6) is -0.294. The molecular formula is C19H29N3O2. The van der Waals surface area contributed by atoms with Crippen molar-refractivity contribution in [3.8, 4) is 0 Å². The molecule has 2 amide bonds. The van der Waals surface area contributed by atoms with Crippen LogP contribution in [0, 0.1) is 5.41 Å². The molecule has 1 aliphatic heterocycles. The fourth-order valence-corrected chi connectivity index (χ4v) is 2.65. The van der Waals surface area contributed by atoms with Gasteiger partial charge in [0.15, 0.2) is 0 Å². The Hall–Kier alpha value is -1.88. The van der Waals surface area contributed by atoms with Crippen LogP contribution in [0.3, 0.4) is 0 Å². The Morgan fingerprint density at radius 1 is 1.00 bits per heavy atom. The normalized spacial score (nSPS) is 15.3. The average molecular weight is 331 g/mol. The summed E-state index contributed by atoms with van der Waals surface area (Å²) in [6.45, 7) is 9.36. The van der Waals surface area contributed by atoms with Crippen LogP contribution in [0.25, 0.3) is 0 Å². The predicted octanol–water partition coefficient (Wildman–Crippen LogP) is 2.06. The van der Waals surface area contributed by atoms with E-state index in [-0.39, 0.29) is 18.4 Å². The standard InChI is InChI=1S/C19H29N3O2/c1-19(2,3)18(24)21-13-17(23)20-12-15-6-8-16(9-7-15)14-22-10-4-5-11-22/h6-9H,4-5,10-14H2,1-3H3,(H,20,23)(H,21,24). The summed E-state index contributed by atoms with van der Waals surface area (Å²) < 4.78 is 0. The van der Waals surface area contributed by atoms with Crippen molar-refractivity contribution >= 4 is 11.8 Å². The molecule has 2 rings (SSSR count). The fraction of sp³-hybridized carbons (Fsp3) is 0.579. The zero-order valence-electron chi connectivity index (χ0n) is 15.0. The lowest BCUT2D eigenvalue weighted by atomic mass is 9.96. The molecule has 1 aromatic rings. The van der Waals surface area contributed by atoms with Gasteiger partial charge in [0.05, 0.1) is 6.54 Å². The molecule has 0 unspecified atom stereocenters. The molecule has 0 aliphatic carbocycles. The molecule has 5 nitrogen and oxygen atoms in total. The highest BCUT2D eigenvalue weighted by Gasteiger charge is 2.21. The molecule has 1 aliphatic rings. The van der Waals surface area contributed by atoms with E-state index in [2.05, 4.69) is 39.8 Å². The highest BCUT2D eigenvalue weighted by molar-refractivity contribution is 5.87. The van der Waals surface area contributed by atoms with Gasteiger partial charge in [-0.1, -0.05) is 45.0 Å². The molecule has 2 N–H and O–H groups in total. The van der Waals surface area contributed by atoms with Crippen molar-refractivity contribution in [3.05, 3.63) is 35.4 Å². The van der Waals surface area contributed by atoms with E-state index in [0.29, 0.717) is 6.54 Å². The Kier molecular flexibility index (Phi) is 6.37. The lowest BCUT2D eigenvalue weighted by Crippen LogP contribution is -2.41. The van der Waals surface area contributed by atoms with Gasteiger partial charge in [-0.15, -0.1) is 0 Å². The van der Waals surface area contributed by atoms with E-state index in [9.17, 15) is 9.59 Å². The van der Waals surface area contributed by atoms with Crippen molar-refractivity contribution in [1.29, 1.82) is 0 Å². The van der Waals surface area contributed by atoms with Crippen molar-refractivity contribution in [1.82, 2.24) is 15.5 Å².